The Morgan fingerprint density at radius 2 is 1.87 bits per heavy atom. The normalized spacial score (nSPS) is 11.6. The third-order valence-electron chi connectivity index (χ3n) is 3.16. The van der Waals surface area contributed by atoms with Crippen LogP contribution in [-0.4, -0.2) is 23.4 Å². The van der Waals surface area contributed by atoms with Gasteiger partial charge in [0.05, 0.1) is 17.6 Å². The number of carbonyl (C=O) groups excluding carboxylic acids is 1. The summed E-state index contributed by atoms with van der Waals surface area (Å²) in [7, 11) is 0. The summed E-state index contributed by atoms with van der Waals surface area (Å²) in [6.45, 7) is 4.05. The summed E-state index contributed by atoms with van der Waals surface area (Å²) in [4.78, 5) is 22.6. The van der Waals surface area contributed by atoms with Gasteiger partial charge in [0, 0.05) is 11.6 Å². The van der Waals surface area contributed by atoms with E-state index in [4.69, 9.17) is 9.47 Å². The first-order valence-corrected chi connectivity index (χ1v) is 7.19. The molecule has 0 unspecified atom stereocenters. The van der Waals surface area contributed by atoms with Crippen LogP contribution in [-0.2, 0) is 0 Å². The smallest absolute Gasteiger partial charge is 0.273 e. The van der Waals surface area contributed by atoms with Gasteiger partial charge in [0.25, 0.3) is 5.69 Å². The largest absolute Gasteiger partial charge is 0.494 e. The minimum Gasteiger partial charge on any atom is -0.494 e. The van der Waals surface area contributed by atoms with Crippen molar-refractivity contribution in [3.63, 3.8) is 0 Å². The third-order valence-corrected chi connectivity index (χ3v) is 3.16. The molecule has 6 heteroatoms. The number of benzene rings is 2. The van der Waals surface area contributed by atoms with Crippen LogP contribution in [0.15, 0.2) is 48.5 Å². The van der Waals surface area contributed by atoms with Crippen molar-refractivity contribution in [3.8, 4) is 11.5 Å². The first-order chi connectivity index (χ1) is 11.0. The molecule has 23 heavy (non-hydrogen) atoms. The highest BCUT2D eigenvalue weighted by Gasteiger charge is 2.18. The van der Waals surface area contributed by atoms with Gasteiger partial charge < -0.3 is 9.47 Å². The Morgan fingerprint density at radius 1 is 1.17 bits per heavy atom. The summed E-state index contributed by atoms with van der Waals surface area (Å²) in [5.74, 6) is 0.766. The summed E-state index contributed by atoms with van der Waals surface area (Å²) >= 11 is 0. The van der Waals surface area contributed by atoms with Crippen LogP contribution in [0.25, 0.3) is 0 Å². The molecule has 0 aliphatic carbocycles. The molecule has 0 radical (unpaired) electrons. The second kappa shape index (κ2) is 7.40. The second-order valence-electron chi connectivity index (χ2n) is 4.84. The highest BCUT2D eigenvalue weighted by atomic mass is 16.6. The summed E-state index contributed by atoms with van der Waals surface area (Å²) in [6.07, 6.45) is -0.755. The second-order valence-corrected chi connectivity index (χ2v) is 4.84. The van der Waals surface area contributed by atoms with E-state index in [1.165, 1.54) is 18.2 Å². The molecule has 0 aromatic heterocycles. The maximum Gasteiger partial charge on any atom is 0.273 e. The Hall–Kier alpha value is -2.89. The molecule has 0 fully saturated rings. The SMILES string of the molecule is CCOc1ccc(C(=O)[C@@H](C)Oc2cccc([N+](=O)[O-])c2)cc1. The molecule has 0 saturated carbocycles. The van der Waals surface area contributed by atoms with E-state index in [2.05, 4.69) is 0 Å². The van der Waals surface area contributed by atoms with Crippen molar-refractivity contribution in [2.45, 2.75) is 20.0 Å². The number of nitrogens with zero attached hydrogens (tertiary/aromatic N) is 1. The summed E-state index contributed by atoms with van der Waals surface area (Å²) in [5.41, 5.74) is 0.412. The number of ether oxygens (including phenoxy) is 2. The van der Waals surface area contributed by atoms with Crippen LogP contribution in [0.5, 0.6) is 11.5 Å². The maximum absolute atomic E-state index is 12.3. The quantitative estimate of drug-likeness (QED) is 0.443. The minimum absolute atomic E-state index is 0.0804. The number of carbonyl (C=O) groups is 1. The van der Waals surface area contributed by atoms with E-state index in [0.29, 0.717) is 17.9 Å². The Bertz CT molecular complexity index is 696. The van der Waals surface area contributed by atoms with E-state index in [9.17, 15) is 14.9 Å². The molecule has 0 saturated heterocycles. The highest BCUT2D eigenvalue weighted by molar-refractivity contribution is 5.99. The number of nitro groups is 1. The number of rotatable bonds is 7. The molecular formula is C17H17NO5. The van der Waals surface area contributed by atoms with Crippen molar-refractivity contribution in [3.05, 3.63) is 64.2 Å². The fourth-order valence-corrected chi connectivity index (χ4v) is 2.04. The average Bonchev–Trinajstić information content (AvgIpc) is 2.55. The lowest BCUT2D eigenvalue weighted by atomic mass is 10.1. The highest BCUT2D eigenvalue weighted by Crippen LogP contribution is 2.21. The average molecular weight is 315 g/mol. The molecule has 2 aromatic rings. The number of hydrogen-bond donors (Lipinski definition) is 0. The molecule has 0 N–H and O–H groups in total. The molecule has 0 aliphatic heterocycles. The van der Waals surface area contributed by atoms with Crippen LogP contribution in [0.1, 0.15) is 24.2 Å². The molecule has 6 nitrogen and oxygen atoms in total. The Labute approximate surface area is 133 Å². The van der Waals surface area contributed by atoms with Crippen molar-refractivity contribution in [2.75, 3.05) is 6.61 Å². The van der Waals surface area contributed by atoms with Gasteiger partial charge in [0.2, 0.25) is 5.78 Å². The van der Waals surface area contributed by atoms with Crippen LogP contribution in [0.4, 0.5) is 5.69 Å². The molecule has 120 valence electrons. The third kappa shape index (κ3) is 4.29. The topological polar surface area (TPSA) is 78.7 Å². The van der Waals surface area contributed by atoms with Crippen molar-refractivity contribution in [1.82, 2.24) is 0 Å². The van der Waals surface area contributed by atoms with Crippen molar-refractivity contribution in [1.29, 1.82) is 0 Å². The summed E-state index contributed by atoms with van der Waals surface area (Å²) in [5, 5.41) is 10.8. The fourth-order valence-electron chi connectivity index (χ4n) is 2.04. The van der Waals surface area contributed by atoms with Gasteiger partial charge in [-0.15, -0.1) is 0 Å². The predicted molar refractivity (Wildman–Crippen MR) is 85.1 cm³/mol. The van der Waals surface area contributed by atoms with Gasteiger partial charge in [-0.25, -0.2) is 0 Å². The van der Waals surface area contributed by atoms with E-state index in [0.717, 1.165) is 0 Å². The predicted octanol–water partition coefficient (Wildman–Crippen LogP) is 3.64. The molecule has 0 bridgehead atoms. The van der Waals surface area contributed by atoms with Gasteiger partial charge >= 0.3 is 0 Å². The zero-order chi connectivity index (χ0) is 16.8. The van der Waals surface area contributed by atoms with Crippen LogP contribution in [0.2, 0.25) is 0 Å². The molecule has 1 atom stereocenters. The van der Waals surface area contributed by atoms with Gasteiger partial charge in [-0.2, -0.15) is 0 Å². The summed E-state index contributed by atoms with van der Waals surface area (Å²) < 4.78 is 10.8. The van der Waals surface area contributed by atoms with Gasteiger partial charge in [-0.3, -0.25) is 14.9 Å². The van der Waals surface area contributed by atoms with E-state index in [-0.39, 0.29) is 17.2 Å². The zero-order valence-electron chi connectivity index (χ0n) is 12.9. The lowest BCUT2D eigenvalue weighted by Crippen LogP contribution is -2.23. The van der Waals surface area contributed by atoms with Crippen LogP contribution < -0.4 is 9.47 Å². The lowest BCUT2D eigenvalue weighted by Gasteiger charge is -2.14. The van der Waals surface area contributed by atoms with E-state index in [1.807, 2.05) is 6.92 Å². The molecule has 0 aliphatic rings. The molecule has 2 aromatic carbocycles. The molecule has 0 amide bonds. The zero-order valence-corrected chi connectivity index (χ0v) is 12.9. The first-order valence-electron chi connectivity index (χ1n) is 7.19. The molecule has 0 heterocycles. The van der Waals surface area contributed by atoms with Gasteiger partial charge in [-0.05, 0) is 44.2 Å². The van der Waals surface area contributed by atoms with E-state index in [1.54, 1.807) is 37.3 Å². The number of non-ortho nitro benzene ring substituents is 1. The standard InChI is InChI=1S/C17H17NO5/c1-3-22-15-9-7-13(8-10-15)17(19)12(2)23-16-6-4-5-14(11-16)18(20)21/h4-12H,3H2,1-2H3/t12-/m1/s1. The number of nitro benzene ring substituents is 1. The Balaban J connectivity index is 2.07. The fraction of sp³-hybridized carbons (Fsp3) is 0.235. The van der Waals surface area contributed by atoms with E-state index >= 15 is 0 Å². The van der Waals surface area contributed by atoms with Crippen LogP contribution in [0.3, 0.4) is 0 Å². The lowest BCUT2D eigenvalue weighted by molar-refractivity contribution is -0.384. The van der Waals surface area contributed by atoms with E-state index < -0.39 is 11.0 Å². The van der Waals surface area contributed by atoms with Crippen molar-refractivity contribution in [2.24, 2.45) is 0 Å². The van der Waals surface area contributed by atoms with Crippen LogP contribution in [0, 0.1) is 10.1 Å². The Kier molecular flexibility index (Phi) is 5.30. The minimum atomic E-state index is -0.755. The monoisotopic (exact) mass is 315 g/mol. The number of hydrogen-bond acceptors (Lipinski definition) is 5. The van der Waals surface area contributed by atoms with Gasteiger partial charge in [0.1, 0.15) is 11.5 Å². The molecular weight excluding hydrogens is 298 g/mol. The maximum atomic E-state index is 12.3. The van der Waals surface area contributed by atoms with Crippen molar-refractivity contribution >= 4 is 11.5 Å². The number of ketones is 1. The van der Waals surface area contributed by atoms with Gasteiger partial charge in [-0.1, -0.05) is 6.07 Å². The molecule has 0 spiro atoms. The summed E-state index contributed by atoms with van der Waals surface area (Å²) in [6, 6.07) is 12.5. The first kappa shape index (κ1) is 16.5. The Morgan fingerprint density at radius 3 is 2.48 bits per heavy atom. The van der Waals surface area contributed by atoms with Gasteiger partial charge in [0.15, 0.2) is 6.10 Å². The molecule has 2 rings (SSSR count). The van der Waals surface area contributed by atoms with Crippen LogP contribution >= 0.6 is 0 Å². The van der Waals surface area contributed by atoms with Crippen molar-refractivity contribution < 1.29 is 19.2 Å². The number of Topliss-reactive ketones (excluding diaryl/α,β-unsaturated/α-hetero) is 1.